The van der Waals surface area contributed by atoms with Crippen LogP contribution in [0.1, 0.15) is 18.5 Å². The van der Waals surface area contributed by atoms with Gasteiger partial charge in [-0.1, -0.05) is 60.3 Å². The maximum atomic E-state index is 13.5. The molecule has 1 aliphatic rings. The molecule has 4 aromatic rings. The van der Waals surface area contributed by atoms with Crippen LogP contribution in [0.3, 0.4) is 0 Å². The number of amides is 1. The van der Waals surface area contributed by atoms with E-state index < -0.39 is 5.25 Å². The third-order valence-electron chi connectivity index (χ3n) is 5.61. The lowest BCUT2D eigenvalue weighted by Crippen LogP contribution is -2.41. The van der Waals surface area contributed by atoms with E-state index in [-0.39, 0.29) is 11.9 Å². The van der Waals surface area contributed by atoms with E-state index in [1.807, 2.05) is 84.4 Å². The van der Waals surface area contributed by atoms with Crippen molar-refractivity contribution in [2.24, 2.45) is 0 Å². The van der Waals surface area contributed by atoms with Crippen molar-refractivity contribution in [1.82, 2.24) is 14.9 Å². The number of rotatable bonds is 7. The standard InChI is InChI=1S/C26H25N5O3S/c1-3-34-20-14-12-17(13-15-20)22-23(25(32)27-19-10-7-11-21(16-19)33-2)35-26-29-28-24(31(26)30-22)18-8-5-4-6-9-18/h4-16,22-23,30H,3H2,1-2H3,(H,27,32)/t22-,23-/m0/s1. The Kier molecular flexibility index (Phi) is 6.58. The van der Waals surface area contributed by atoms with Crippen LogP contribution in [0.5, 0.6) is 11.5 Å². The fourth-order valence-electron chi connectivity index (χ4n) is 3.93. The van der Waals surface area contributed by atoms with Gasteiger partial charge in [0.15, 0.2) is 5.82 Å². The number of hydrogen-bond donors (Lipinski definition) is 2. The summed E-state index contributed by atoms with van der Waals surface area (Å²) >= 11 is 1.38. The Balaban J connectivity index is 1.49. The lowest BCUT2D eigenvalue weighted by atomic mass is 10.0. The van der Waals surface area contributed by atoms with Gasteiger partial charge >= 0.3 is 0 Å². The fraction of sp³-hybridized carbons (Fsp3) is 0.192. The van der Waals surface area contributed by atoms with E-state index in [0.29, 0.717) is 29.0 Å². The Morgan fingerprint density at radius 1 is 1.03 bits per heavy atom. The number of ether oxygens (including phenoxy) is 2. The van der Waals surface area contributed by atoms with Crippen molar-refractivity contribution in [2.75, 3.05) is 24.5 Å². The molecule has 9 heteroatoms. The molecule has 1 aliphatic heterocycles. The number of nitrogens with zero attached hydrogens (tertiary/aromatic N) is 3. The van der Waals surface area contributed by atoms with Gasteiger partial charge in [0.2, 0.25) is 11.1 Å². The van der Waals surface area contributed by atoms with Crippen LogP contribution < -0.4 is 20.2 Å². The topological polar surface area (TPSA) is 90.3 Å². The highest BCUT2D eigenvalue weighted by Crippen LogP contribution is 2.39. The zero-order chi connectivity index (χ0) is 24.2. The van der Waals surface area contributed by atoms with E-state index in [2.05, 4.69) is 20.9 Å². The van der Waals surface area contributed by atoms with Crippen molar-refractivity contribution in [2.45, 2.75) is 23.4 Å². The summed E-state index contributed by atoms with van der Waals surface area (Å²) in [5.74, 6) is 2.00. The maximum absolute atomic E-state index is 13.5. The monoisotopic (exact) mass is 487 g/mol. The van der Waals surface area contributed by atoms with Crippen molar-refractivity contribution in [3.63, 3.8) is 0 Å². The molecule has 8 nitrogen and oxygen atoms in total. The Bertz CT molecular complexity index is 1310. The minimum atomic E-state index is -0.500. The molecule has 0 saturated heterocycles. The first-order chi connectivity index (χ1) is 17.2. The molecule has 2 heterocycles. The van der Waals surface area contributed by atoms with Gasteiger partial charge in [-0.3, -0.25) is 4.79 Å². The van der Waals surface area contributed by atoms with Crippen LogP contribution in [0.2, 0.25) is 0 Å². The molecule has 0 saturated carbocycles. The second kappa shape index (κ2) is 10.1. The van der Waals surface area contributed by atoms with Crippen molar-refractivity contribution in [1.29, 1.82) is 0 Å². The molecular weight excluding hydrogens is 462 g/mol. The normalized spacial score (nSPS) is 16.6. The maximum Gasteiger partial charge on any atom is 0.240 e. The van der Waals surface area contributed by atoms with Gasteiger partial charge in [0.25, 0.3) is 0 Å². The number of fused-ring (bicyclic) bond motifs is 1. The molecule has 1 aromatic heterocycles. The summed E-state index contributed by atoms with van der Waals surface area (Å²) in [6.07, 6.45) is 0. The average Bonchev–Trinajstić information content (AvgIpc) is 3.32. The molecule has 0 bridgehead atoms. The summed E-state index contributed by atoms with van der Waals surface area (Å²) in [6, 6.07) is 24.6. The minimum Gasteiger partial charge on any atom is -0.497 e. The molecule has 0 aliphatic carbocycles. The molecule has 2 N–H and O–H groups in total. The van der Waals surface area contributed by atoms with Crippen LogP contribution in [-0.2, 0) is 4.79 Å². The summed E-state index contributed by atoms with van der Waals surface area (Å²) in [4.78, 5) is 13.5. The number of benzene rings is 3. The number of aromatic nitrogens is 3. The SMILES string of the molecule is CCOc1ccc([C@@H]2Nn3c(nnc3-c3ccccc3)S[C@@H]2C(=O)Nc2cccc(OC)c2)cc1. The lowest BCUT2D eigenvalue weighted by molar-refractivity contribution is -0.116. The highest BCUT2D eigenvalue weighted by Gasteiger charge is 2.38. The van der Waals surface area contributed by atoms with Crippen LogP contribution >= 0.6 is 11.8 Å². The van der Waals surface area contributed by atoms with Crippen LogP contribution in [0.4, 0.5) is 5.69 Å². The van der Waals surface area contributed by atoms with Crippen molar-refractivity contribution in [3.05, 3.63) is 84.4 Å². The molecule has 0 radical (unpaired) electrons. The zero-order valence-corrected chi connectivity index (χ0v) is 20.2. The first kappa shape index (κ1) is 22.8. The molecule has 3 aromatic carbocycles. The molecule has 5 rings (SSSR count). The van der Waals surface area contributed by atoms with E-state index in [9.17, 15) is 4.79 Å². The second-order valence-electron chi connectivity index (χ2n) is 7.88. The van der Waals surface area contributed by atoms with Gasteiger partial charge in [-0.05, 0) is 36.8 Å². The quantitative estimate of drug-likeness (QED) is 0.389. The number of methoxy groups -OCH3 is 1. The number of nitrogens with one attached hydrogen (secondary N) is 2. The van der Waals surface area contributed by atoms with Gasteiger partial charge in [-0.2, -0.15) is 0 Å². The van der Waals surface area contributed by atoms with Crippen LogP contribution in [0.15, 0.2) is 84.0 Å². The Labute approximate surface area is 207 Å². The lowest BCUT2D eigenvalue weighted by Gasteiger charge is -2.33. The molecule has 0 unspecified atom stereocenters. The van der Waals surface area contributed by atoms with Gasteiger partial charge in [0.05, 0.1) is 19.8 Å². The van der Waals surface area contributed by atoms with Crippen molar-refractivity contribution >= 4 is 23.4 Å². The predicted octanol–water partition coefficient (Wildman–Crippen LogP) is 4.75. The molecular formula is C26H25N5O3S. The van der Waals surface area contributed by atoms with Gasteiger partial charge in [0, 0.05) is 17.3 Å². The highest BCUT2D eigenvalue weighted by atomic mass is 32.2. The Morgan fingerprint density at radius 2 is 1.83 bits per heavy atom. The molecule has 0 fully saturated rings. The van der Waals surface area contributed by atoms with E-state index in [1.54, 1.807) is 13.2 Å². The summed E-state index contributed by atoms with van der Waals surface area (Å²) in [7, 11) is 1.60. The van der Waals surface area contributed by atoms with Gasteiger partial charge in [-0.15, -0.1) is 10.2 Å². The summed E-state index contributed by atoms with van der Waals surface area (Å²) in [6.45, 7) is 2.54. The predicted molar refractivity (Wildman–Crippen MR) is 136 cm³/mol. The molecule has 35 heavy (non-hydrogen) atoms. The summed E-state index contributed by atoms with van der Waals surface area (Å²) < 4.78 is 12.8. The van der Waals surface area contributed by atoms with E-state index in [4.69, 9.17) is 9.47 Å². The third kappa shape index (κ3) is 4.81. The second-order valence-corrected chi connectivity index (χ2v) is 8.98. The number of carbonyl (C=O) groups excluding carboxylic acids is 1. The minimum absolute atomic E-state index is 0.148. The number of thioether (sulfide) groups is 1. The highest BCUT2D eigenvalue weighted by molar-refractivity contribution is 8.00. The smallest absolute Gasteiger partial charge is 0.240 e. The first-order valence-electron chi connectivity index (χ1n) is 11.3. The van der Waals surface area contributed by atoms with E-state index >= 15 is 0 Å². The van der Waals surface area contributed by atoms with Crippen molar-refractivity contribution in [3.8, 4) is 22.9 Å². The van der Waals surface area contributed by atoms with Crippen LogP contribution in [0, 0.1) is 0 Å². The summed E-state index contributed by atoms with van der Waals surface area (Å²) in [5, 5.41) is 11.9. The fourth-order valence-corrected chi connectivity index (χ4v) is 5.01. The first-order valence-corrected chi connectivity index (χ1v) is 12.2. The molecule has 0 spiro atoms. The molecule has 178 valence electrons. The van der Waals surface area contributed by atoms with Gasteiger partial charge in [0.1, 0.15) is 16.7 Å². The number of carbonyl (C=O) groups is 1. The largest absolute Gasteiger partial charge is 0.497 e. The van der Waals surface area contributed by atoms with Crippen LogP contribution in [0.25, 0.3) is 11.4 Å². The molecule has 2 atom stereocenters. The van der Waals surface area contributed by atoms with Crippen LogP contribution in [-0.4, -0.2) is 39.7 Å². The number of hydrogen-bond acceptors (Lipinski definition) is 7. The van der Waals surface area contributed by atoms with Crippen molar-refractivity contribution < 1.29 is 14.3 Å². The average molecular weight is 488 g/mol. The number of anilines is 1. The van der Waals surface area contributed by atoms with E-state index in [0.717, 1.165) is 16.9 Å². The van der Waals surface area contributed by atoms with E-state index in [1.165, 1.54) is 11.8 Å². The van der Waals surface area contributed by atoms with Gasteiger partial charge < -0.3 is 20.2 Å². The molecule has 1 amide bonds. The zero-order valence-electron chi connectivity index (χ0n) is 19.3. The van der Waals surface area contributed by atoms with Gasteiger partial charge in [-0.25, -0.2) is 4.68 Å². The Morgan fingerprint density at radius 3 is 2.57 bits per heavy atom. The Hall–Kier alpha value is -3.98. The third-order valence-corrected chi connectivity index (χ3v) is 6.83. The summed E-state index contributed by atoms with van der Waals surface area (Å²) in [5.41, 5.74) is 6.04.